The minimum atomic E-state index is -0.0837. The molecule has 2 heterocycles. The van der Waals surface area contributed by atoms with Gasteiger partial charge in [-0.2, -0.15) is 0 Å². The molecule has 0 radical (unpaired) electrons. The largest absolute Gasteiger partial charge is 0.370 e. The molecule has 0 unspecified atom stereocenters. The number of aromatic nitrogens is 1. The highest BCUT2D eigenvalue weighted by Gasteiger charge is 2.06. The molecule has 2 aromatic rings. The summed E-state index contributed by atoms with van der Waals surface area (Å²) in [6.45, 7) is 3.52. The SMILES string of the molecule is CCCNc1cc(C(=O)NCCc2ccc(Cl)s2)ccn1. The molecule has 2 aromatic heterocycles. The standard InChI is InChI=1S/C15H18ClN3OS/c1-2-7-17-14-10-11(5-8-18-14)15(20)19-9-6-12-3-4-13(16)21-12/h3-5,8,10H,2,6-7,9H2,1H3,(H,17,18)(H,19,20). The molecule has 6 heteroatoms. The summed E-state index contributed by atoms with van der Waals surface area (Å²) in [6.07, 6.45) is 3.45. The summed E-state index contributed by atoms with van der Waals surface area (Å²) in [5, 5.41) is 6.08. The van der Waals surface area contributed by atoms with Gasteiger partial charge in [0.1, 0.15) is 5.82 Å². The molecule has 1 amide bonds. The second-order valence-electron chi connectivity index (χ2n) is 4.57. The van der Waals surface area contributed by atoms with Gasteiger partial charge in [0.25, 0.3) is 5.91 Å². The fraction of sp³-hybridized carbons (Fsp3) is 0.333. The Bertz CT molecular complexity index is 600. The van der Waals surface area contributed by atoms with E-state index in [1.165, 1.54) is 4.88 Å². The number of hydrogen-bond donors (Lipinski definition) is 2. The van der Waals surface area contributed by atoms with Gasteiger partial charge in [-0.3, -0.25) is 4.79 Å². The summed E-state index contributed by atoms with van der Waals surface area (Å²) >= 11 is 7.41. The van der Waals surface area contributed by atoms with Crippen LogP contribution in [0.15, 0.2) is 30.5 Å². The molecule has 0 saturated carbocycles. The van der Waals surface area contributed by atoms with Crippen LogP contribution in [0.5, 0.6) is 0 Å². The summed E-state index contributed by atoms with van der Waals surface area (Å²) in [4.78, 5) is 17.4. The predicted molar refractivity (Wildman–Crippen MR) is 88.4 cm³/mol. The van der Waals surface area contributed by atoms with Crippen LogP contribution in [0.3, 0.4) is 0 Å². The van der Waals surface area contributed by atoms with E-state index < -0.39 is 0 Å². The van der Waals surface area contributed by atoms with Crippen LogP contribution < -0.4 is 10.6 Å². The van der Waals surface area contributed by atoms with Gasteiger partial charge in [0.15, 0.2) is 0 Å². The maximum Gasteiger partial charge on any atom is 0.251 e. The molecule has 0 fully saturated rings. The van der Waals surface area contributed by atoms with Crippen LogP contribution >= 0.6 is 22.9 Å². The fourth-order valence-corrected chi connectivity index (χ4v) is 2.90. The van der Waals surface area contributed by atoms with Crippen LogP contribution in [0.2, 0.25) is 4.34 Å². The van der Waals surface area contributed by atoms with Crippen LogP contribution in [0, 0.1) is 0 Å². The zero-order valence-electron chi connectivity index (χ0n) is 11.9. The van der Waals surface area contributed by atoms with Crippen LogP contribution in [-0.4, -0.2) is 24.0 Å². The molecule has 0 atom stereocenters. The summed E-state index contributed by atoms with van der Waals surface area (Å²) < 4.78 is 0.775. The van der Waals surface area contributed by atoms with E-state index in [9.17, 15) is 4.79 Å². The first-order valence-corrected chi connectivity index (χ1v) is 8.11. The van der Waals surface area contributed by atoms with Gasteiger partial charge in [0.2, 0.25) is 0 Å². The first-order valence-electron chi connectivity index (χ1n) is 6.91. The summed E-state index contributed by atoms with van der Waals surface area (Å²) in [7, 11) is 0. The molecule has 0 aliphatic carbocycles. The van der Waals surface area contributed by atoms with E-state index in [4.69, 9.17) is 11.6 Å². The van der Waals surface area contributed by atoms with Crippen LogP contribution in [-0.2, 0) is 6.42 Å². The van der Waals surface area contributed by atoms with Gasteiger partial charge in [-0.05, 0) is 37.1 Å². The summed E-state index contributed by atoms with van der Waals surface area (Å²) in [6, 6.07) is 7.34. The average molecular weight is 324 g/mol. The van der Waals surface area contributed by atoms with Crippen molar-refractivity contribution in [2.24, 2.45) is 0 Å². The molecule has 0 spiro atoms. The molecule has 0 aromatic carbocycles. The van der Waals surface area contributed by atoms with Crippen LogP contribution in [0.4, 0.5) is 5.82 Å². The van der Waals surface area contributed by atoms with E-state index in [0.29, 0.717) is 12.1 Å². The second-order valence-corrected chi connectivity index (χ2v) is 6.37. The molecular formula is C15H18ClN3OS. The Morgan fingerprint density at radius 2 is 2.19 bits per heavy atom. The topological polar surface area (TPSA) is 54.0 Å². The molecule has 21 heavy (non-hydrogen) atoms. The molecule has 112 valence electrons. The molecule has 2 N–H and O–H groups in total. The summed E-state index contributed by atoms with van der Waals surface area (Å²) in [5.41, 5.74) is 0.618. The van der Waals surface area contributed by atoms with Crippen LogP contribution in [0.1, 0.15) is 28.6 Å². The lowest BCUT2D eigenvalue weighted by atomic mass is 10.2. The molecular weight excluding hydrogens is 306 g/mol. The lowest BCUT2D eigenvalue weighted by Gasteiger charge is -2.07. The number of nitrogens with zero attached hydrogens (tertiary/aromatic N) is 1. The van der Waals surface area contributed by atoms with Gasteiger partial charge in [-0.25, -0.2) is 4.98 Å². The Labute approximate surface area is 133 Å². The highest BCUT2D eigenvalue weighted by atomic mass is 35.5. The summed E-state index contributed by atoms with van der Waals surface area (Å²) in [5.74, 6) is 0.647. The van der Waals surface area contributed by atoms with Crippen molar-refractivity contribution in [3.05, 3.63) is 45.2 Å². The average Bonchev–Trinajstić information content (AvgIpc) is 2.91. The minimum Gasteiger partial charge on any atom is -0.370 e. The third kappa shape index (κ3) is 5.02. The molecule has 0 aliphatic rings. The number of pyridine rings is 1. The smallest absolute Gasteiger partial charge is 0.251 e. The molecule has 4 nitrogen and oxygen atoms in total. The number of carbonyl (C=O) groups is 1. The molecule has 0 bridgehead atoms. The van der Waals surface area contributed by atoms with Crippen molar-refractivity contribution in [2.75, 3.05) is 18.4 Å². The Morgan fingerprint density at radius 3 is 2.90 bits per heavy atom. The van der Waals surface area contributed by atoms with E-state index in [-0.39, 0.29) is 5.91 Å². The Balaban J connectivity index is 1.85. The van der Waals surface area contributed by atoms with Gasteiger partial charge in [0.05, 0.1) is 4.34 Å². The number of nitrogens with one attached hydrogen (secondary N) is 2. The number of rotatable bonds is 7. The van der Waals surface area contributed by atoms with Gasteiger partial charge in [-0.15, -0.1) is 11.3 Å². The van der Waals surface area contributed by atoms with Gasteiger partial charge in [-0.1, -0.05) is 18.5 Å². The maximum atomic E-state index is 12.1. The molecule has 2 rings (SSSR count). The Morgan fingerprint density at radius 1 is 1.33 bits per heavy atom. The van der Waals surface area contributed by atoms with Gasteiger partial charge >= 0.3 is 0 Å². The number of halogens is 1. The van der Waals surface area contributed by atoms with Crippen molar-refractivity contribution in [3.8, 4) is 0 Å². The minimum absolute atomic E-state index is 0.0837. The number of amides is 1. The zero-order valence-corrected chi connectivity index (χ0v) is 13.4. The van der Waals surface area contributed by atoms with E-state index in [0.717, 1.165) is 29.5 Å². The number of thiophene rings is 1. The number of carbonyl (C=O) groups excluding carboxylic acids is 1. The second kappa shape index (κ2) is 8.00. The fourth-order valence-electron chi connectivity index (χ4n) is 1.81. The van der Waals surface area contributed by atoms with Crippen molar-refractivity contribution in [3.63, 3.8) is 0 Å². The van der Waals surface area contributed by atoms with Crippen molar-refractivity contribution < 1.29 is 4.79 Å². The molecule has 0 saturated heterocycles. The van der Waals surface area contributed by atoms with Gasteiger partial charge in [0, 0.05) is 29.7 Å². The zero-order chi connectivity index (χ0) is 15.1. The van der Waals surface area contributed by atoms with Crippen molar-refractivity contribution >= 4 is 34.7 Å². The molecule has 0 aliphatic heterocycles. The lowest BCUT2D eigenvalue weighted by molar-refractivity contribution is 0.0954. The Hall–Kier alpha value is -1.59. The van der Waals surface area contributed by atoms with E-state index >= 15 is 0 Å². The van der Waals surface area contributed by atoms with Crippen molar-refractivity contribution in [1.29, 1.82) is 0 Å². The lowest BCUT2D eigenvalue weighted by Crippen LogP contribution is -2.25. The predicted octanol–water partition coefficient (Wildman–Crippen LogP) is 3.59. The van der Waals surface area contributed by atoms with Gasteiger partial charge < -0.3 is 10.6 Å². The quantitative estimate of drug-likeness (QED) is 0.818. The van der Waals surface area contributed by atoms with Crippen molar-refractivity contribution in [2.45, 2.75) is 19.8 Å². The number of hydrogen-bond acceptors (Lipinski definition) is 4. The van der Waals surface area contributed by atoms with E-state index in [1.54, 1.807) is 29.7 Å². The maximum absolute atomic E-state index is 12.1. The van der Waals surface area contributed by atoms with E-state index in [2.05, 4.69) is 22.5 Å². The first kappa shape index (κ1) is 15.8. The monoisotopic (exact) mass is 323 g/mol. The third-order valence-corrected chi connectivity index (χ3v) is 4.15. The number of anilines is 1. The third-order valence-electron chi connectivity index (χ3n) is 2.86. The Kier molecular flexibility index (Phi) is 6.02. The van der Waals surface area contributed by atoms with Crippen LogP contribution in [0.25, 0.3) is 0 Å². The highest BCUT2D eigenvalue weighted by molar-refractivity contribution is 7.16. The van der Waals surface area contributed by atoms with E-state index in [1.807, 2.05) is 12.1 Å². The van der Waals surface area contributed by atoms with Crippen molar-refractivity contribution in [1.82, 2.24) is 10.3 Å². The highest BCUT2D eigenvalue weighted by Crippen LogP contribution is 2.21. The first-order chi connectivity index (χ1) is 10.2. The normalized spacial score (nSPS) is 10.4.